The molecule has 0 radical (unpaired) electrons. The molecule has 1 aliphatic rings. The van der Waals surface area contributed by atoms with Crippen molar-refractivity contribution in [2.45, 2.75) is 52.1 Å². The molecular formula is C10H20O. The molecule has 1 heteroatoms. The van der Waals surface area contributed by atoms with Crippen LogP contribution in [0, 0.1) is 11.8 Å². The first-order chi connectivity index (χ1) is 5.24. The van der Waals surface area contributed by atoms with E-state index in [0.29, 0.717) is 0 Å². The second-order valence-corrected chi connectivity index (χ2v) is 3.97. The predicted molar refractivity (Wildman–Crippen MR) is 47.4 cm³/mol. The zero-order valence-corrected chi connectivity index (χ0v) is 7.71. The van der Waals surface area contributed by atoms with Gasteiger partial charge in [-0.25, -0.2) is 0 Å². The van der Waals surface area contributed by atoms with E-state index < -0.39 is 0 Å². The van der Waals surface area contributed by atoms with Gasteiger partial charge >= 0.3 is 0 Å². The molecule has 11 heavy (non-hydrogen) atoms. The zero-order valence-electron chi connectivity index (χ0n) is 7.71. The lowest BCUT2D eigenvalue weighted by molar-refractivity contribution is 0.105. The first kappa shape index (κ1) is 9.05. The Morgan fingerprint density at radius 3 is 2.45 bits per heavy atom. The Labute approximate surface area is 69.8 Å². The van der Waals surface area contributed by atoms with Crippen molar-refractivity contribution in [1.29, 1.82) is 0 Å². The molecule has 1 nitrogen and oxygen atoms in total. The number of aliphatic hydroxyl groups is 1. The number of hydrogen-bond donors (Lipinski definition) is 1. The summed E-state index contributed by atoms with van der Waals surface area (Å²) in [4.78, 5) is 0. The minimum absolute atomic E-state index is 0.0504. The van der Waals surface area contributed by atoms with Crippen LogP contribution in [-0.4, -0.2) is 11.2 Å². The second-order valence-electron chi connectivity index (χ2n) is 3.97. The maximum Gasteiger partial charge on any atom is 0.0540 e. The summed E-state index contributed by atoms with van der Waals surface area (Å²) in [5.41, 5.74) is 0. The van der Waals surface area contributed by atoms with E-state index in [9.17, 15) is 5.11 Å². The van der Waals surface area contributed by atoms with E-state index >= 15 is 0 Å². The van der Waals surface area contributed by atoms with Gasteiger partial charge in [0.1, 0.15) is 0 Å². The predicted octanol–water partition coefficient (Wildman–Crippen LogP) is 2.58. The summed E-state index contributed by atoms with van der Waals surface area (Å²) in [5.74, 6) is 1.68. The Morgan fingerprint density at radius 2 is 2.09 bits per heavy atom. The van der Waals surface area contributed by atoms with E-state index in [2.05, 4.69) is 13.8 Å². The fourth-order valence-electron chi connectivity index (χ4n) is 1.80. The average Bonchev–Trinajstić information content (AvgIpc) is 1.83. The quantitative estimate of drug-likeness (QED) is 0.663. The monoisotopic (exact) mass is 156 g/mol. The minimum Gasteiger partial charge on any atom is -0.393 e. The summed E-state index contributed by atoms with van der Waals surface area (Å²) >= 11 is 0. The van der Waals surface area contributed by atoms with Gasteiger partial charge in [0.25, 0.3) is 0 Å². The van der Waals surface area contributed by atoms with Crippen LogP contribution in [0.25, 0.3) is 0 Å². The number of aliphatic hydroxyl groups excluding tert-OH is 1. The fraction of sp³-hybridized carbons (Fsp3) is 1.00. The van der Waals surface area contributed by atoms with Crippen molar-refractivity contribution < 1.29 is 5.11 Å². The number of rotatable bonds is 4. The minimum atomic E-state index is -0.0504. The molecule has 0 aromatic rings. The first-order valence-corrected chi connectivity index (χ1v) is 4.92. The molecule has 2 unspecified atom stereocenters. The van der Waals surface area contributed by atoms with Gasteiger partial charge in [-0.15, -0.1) is 0 Å². The van der Waals surface area contributed by atoms with Crippen LogP contribution in [0.15, 0.2) is 0 Å². The molecular weight excluding hydrogens is 136 g/mol. The van der Waals surface area contributed by atoms with Gasteiger partial charge in [-0.3, -0.25) is 0 Å². The van der Waals surface area contributed by atoms with Crippen molar-refractivity contribution in [3.05, 3.63) is 0 Å². The van der Waals surface area contributed by atoms with Crippen molar-refractivity contribution in [2.75, 3.05) is 0 Å². The van der Waals surface area contributed by atoms with Gasteiger partial charge < -0.3 is 5.11 Å². The maximum atomic E-state index is 9.40. The van der Waals surface area contributed by atoms with Crippen LogP contribution < -0.4 is 0 Å². The summed E-state index contributed by atoms with van der Waals surface area (Å²) in [6, 6.07) is 0. The average molecular weight is 156 g/mol. The number of hydrogen-bond acceptors (Lipinski definition) is 1. The molecule has 0 aromatic carbocycles. The Balaban J connectivity index is 2.13. The third-order valence-corrected chi connectivity index (χ3v) is 3.07. The van der Waals surface area contributed by atoms with Gasteiger partial charge in [0.05, 0.1) is 6.10 Å². The zero-order chi connectivity index (χ0) is 8.27. The molecule has 0 spiro atoms. The molecule has 1 fully saturated rings. The molecule has 1 rings (SSSR count). The maximum absolute atomic E-state index is 9.40. The highest BCUT2D eigenvalue weighted by atomic mass is 16.3. The van der Waals surface area contributed by atoms with Gasteiger partial charge in [-0.2, -0.15) is 0 Å². The summed E-state index contributed by atoms with van der Waals surface area (Å²) < 4.78 is 0. The van der Waals surface area contributed by atoms with Crippen molar-refractivity contribution in [3.63, 3.8) is 0 Å². The highest BCUT2D eigenvalue weighted by Crippen LogP contribution is 2.35. The van der Waals surface area contributed by atoms with Gasteiger partial charge in [0.2, 0.25) is 0 Å². The van der Waals surface area contributed by atoms with Crippen LogP contribution in [0.1, 0.15) is 46.0 Å². The first-order valence-electron chi connectivity index (χ1n) is 4.92. The van der Waals surface area contributed by atoms with Crippen LogP contribution in [0.2, 0.25) is 0 Å². The molecule has 2 atom stereocenters. The standard InChI is InChI=1S/C10H20O/c1-3-10(11)7-8(2)9-5-4-6-9/h8-11H,3-7H2,1-2H3. The smallest absolute Gasteiger partial charge is 0.0540 e. The topological polar surface area (TPSA) is 20.2 Å². The van der Waals surface area contributed by atoms with Crippen LogP contribution in [0.3, 0.4) is 0 Å². The van der Waals surface area contributed by atoms with Crippen molar-refractivity contribution in [3.8, 4) is 0 Å². The van der Waals surface area contributed by atoms with Crippen LogP contribution in [0.4, 0.5) is 0 Å². The van der Waals surface area contributed by atoms with E-state index in [-0.39, 0.29) is 6.10 Å². The van der Waals surface area contributed by atoms with Crippen LogP contribution >= 0.6 is 0 Å². The van der Waals surface area contributed by atoms with Crippen molar-refractivity contribution in [1.82, 2.24) is 0 Å². The SMILES string of the molecule is CCC(O)CC(C)C1CCC1. The molecule has 1 saturated carbocycles. The molecule has 1 aliphatic carbocycles. The van der Waals surface area contributed by atoms with Crippen molar-refractivity contribution in [2.24, 2.45) is 11.8 Å². The highest BCUT2D eigenvalue weighted by Gasteiger charge is 2.24. The fourth-order valence-corrected chi connectivity index (χ4v) is 1.80. The molecule has 0 aromatic heterocycles. The molecule has 0 amide bonds. The van der Waals surface area contributed by atoms with Gasteiger partial charge in [-0.1, -0.05) is 33.1 Å². The molecule has 0 bridgehead atoms. The highest BCUT2D eigenvalue weighted by molar-refractivity contribution is 4.76. The Bertz CT molecular complexity index is 107. The van der Waals surface area contributed by atoms with Gasteiger partial charge in [0.15, 0.2) is 0 Å². The molecule has 0 saturated heterocycles. The van der Waals surface area contributed by atoms with E-state index in [1.807, 2.05) is 0 Å². The third kappa shape index (κ3) is 2.48. The summed E-state index contributed by atoms with van der Waals surface area (Å²) in [6.45, 7) is 4.33. The summed E-state index contributed by atoms with van der Waals surface area (Å²) in [6.07, 6.45) is 6.09. The molecule has 0 aliphatic heterocycles. The summed E-state index contributed by atoms with van der Waals surface area (Å²) in [5, 5.41) is 9.40. The largest absolute Gasteiger partial charge is 0.393 e. The lowest BCUT2D eigenvalue weighted by atomic mass is 9.74. The Kier molecular flexibility index (Phi) is 3.38. The third-order valence-electron chi connectivity index (χ3n) is 3.07. The van der Waals surface area contributed by atoms with E-state index in [1.165, 1.54) is 19.3 Å². The van der Waals surface area contributed by atoms with E-state index in [1.54, 1.807) is 0 Å². The van der Waals surface area contributed by atoms with E-state index in [0.717, 1.165) is 24.7 Å². The van der Waals surface area contributed by atoms with E-state index in [4.69, 9.17) is 0 Å². The van der Waals surface area contributed by atoms with Gasteiger partial charge in [-0.05, 0) is 24.7 Å². The molecule has 1 N–H and O–H groups in total. The molecule has 0 heterocycles. The van der Waals surface area contributed by atoms with Crippen LogP contribution in [0.5, 0.6) is 0 Å². The normalized spacial score (nSPS) is 24.3. The Hall–Kier alpha value is -0.0400. The lowest BCUT2D eigenvalue weighted by Crippen LogP contribution is -2.23. The van der Waals surface area contributed by atoms with Crippen molar-refractivity contribution >= 4 is 0 Å². The lowest BCUT2D eigenvalue weighted by Gasteiger charge is -2.32. The molecule has 66 valence electrons. The Morgan fingerprint density at radius 1 is 1.45 bits per heavy atom. The second kappa shape index (κ2) is 4.10. The summed E-state index contributed by atoms with van der Waals surface area (Å²) in [7, 11) is 0. The van der Waals surface area contributed by atoms with Gasteiger partial charge in [0, 0.05) is 0 Å². The van der Waals surface area contributed by atoms with Crippen LogP contribution in [-0.2, 0) is 0 Å².